The summed E-state index contributed by atoms with van der Waals surface area (Å²) >= 11 is 0. The average Bonchev–Trinajstić information content (AvgIpc) is 2.41. The summed E-state index contributed by atoms with van der Waals surface area (Å²) in [6, 6.07) is 18.5. The third-order valence-electron chi connectivity index (χ3n) is 3.30. The van der Waals surface area contributed by atoms with Crippen molar-refractivity contribution in [3.05, 3.63) is 71.4 Å². The molecule has 0 radical (unpaired) electrons. The van der Waals surface area contributed by atoms with Gasteiger partial charge >= 0.3 is 0 Å². The topological polar surface area (TPSA) is 38.9 Å². The van der Waals surface area contributed by atoms with Gasteiger partial charge in [0.2, 0.25) is 0 Å². The molecule has 3 aromatic rings. The van der Waals surface area contributed by atoms with Crippen molar-refractivity contribution in [1.82, 2.24) is 4.98 Å². The number of fused-ring (bicyclic) bond motifs is 1. The van der Waals surface area contributed by atoms with Gasteiger partial charge < -0.3 is 5.73 Å². The Morgan fingerprint density at radius 1 is 1.00 bits per heavy atom. The summed E-state index contributed by atoms with van der Waals surface area (Å²) in [5, 5.41) is 1.23. The molecule has 0 bridgehead atoms. The Labute approximate surface area is 112 Å². The summed E-state index contributed by atoms with van der Waals surface area (Å²) < 4.78 is 0. The molecule has 1 aromatic heterocycles. The smallest absolute Gasteiger partial charge is 0.0708 e. The van der Waals surface area contributed by atoms with Crippen LogP contribution < -0.4 is 5.73 Å². The first-order valence-electron chi connectivity index (χ1n) is 6.42. The molecule has 0 aliphatic carbocycles. The highest BCUT2D eigenvalue weighted by atomic mass is 14.7. The number of pyridine rings is 1. The number of rotatable bonds is 2. The molecular weight excluding hydrogens is 232 g/mol. The Morgan fingerprint density at radius 2 is 1.74 bits per heavy atom. The van der Waals surface area contributed by atoms with Crippen LogP contribution in [0.25, 0.3) is 10.9 Å². The van der Waals surface area contributed by atoms with E-state index in [9.17, 15) is 0 Å². The number of hydrogen-bond donors (Lipinski definition) is 1. The van der Waals surface area contributed by atoms with Crippen LogP contribution >= 0.6 is 0 Å². The van der Waals surface area contributed by atoms with E-state index in [1.165, 1.54) is 16.5 Å². The molecule has 2 N–H and O–H groups in total. The van der Waals surface area contributed by atoms with E-state index in [0.29, 0.717) is 0 Å². The third-order valence-corrected chi connectivity index (χ3v) is 3.30. The second-order valence-corrected chi connectivity index (χ2v) is 4.86. The molecule has 0 aliphatic rings. The largest absolute Gasteiger partial charge is 0.399 e. The quantitative estimate of drug-likeness (QED) is 0.702. The predicted octanol–water partition coefficient (Wildman–Crippen LogP) is 3.72. The molecule has 0 amide bonds. The second kappa shape index (κ2) is 4.73. The molecule has 0 spiro atoms. The zero-order valence-corrected chi connectivity index (χ0v) is 10.9. The van der Waals surface area contributed by atoms with Crippen molar-refractivity contribution < 1.29 is 0 Å². The van der Waals surface area contributed by atoms with E-state index in [2.05, 4.69) is 41.4 Å². The fourth-order valence-electron chi connectivity index (χ4n) is 2.40. The molecule has 0 fully saturated rings. The molecule has 0 atom stereocenters. The Balaban J connectivity index is 2.07. The Morgan fingerprint density at radius 3 is 2.53 bits per heavy atom. The van der Waals surface area contributed by atoms with Crippen molar-refractivity contribution in [3.8, 4) is 0 Å². The molecule has 0 saturated heterocycles. The molecule has 1 heterocycles. The zero-order chi connectivity index (χ0) is 13.2. The first-order chi connectivity index (χ1) is 9.22. The van der Waals surface area contributed by atoms with Gasteiger partial charge in [0.1, 0.15) is 0 Å². The SMILES string of the molecule is Cc1cc(Cc2ccc(N)cc2)c2ccccc2n1. The van der Waals surface area contributed by atoms with Crippen LogP contribution in [0.3, 0.4) is 0 Å². The van der Waals surface area contributed by atoms with Gasteiger partial charge in [-0.2, -0.15) is 0 Å². The van der Waals surface area contributed by atoms with E-state index < -0.39 is 0 Å². The van der Waals surface area contributed by atoms with Crippen LogP contribution in [0, 0.1) is 6.92 Å². The lowest BCUT2D eigenvalue weighted by Gasteiger charge is -2.08. The van der Waals surface area contributed by atoms with Crippen molar-refractivity contribution in [2.24, 2.45) is 0 Å². The lowest BCUT2D eigenvalue weighted by Crippen LogP contribution is -1.94. The van der Waals surface area contributed by atoms with E-state index in [-0.39, 0.29) is 0 Å². The minimum absolute atomic E-state index is 0.805. The van der Waals surface area contributed by atoms with Gasteiger partial charge in [-0.15, -0.1) is 0 Å². The van der Waals surface area contributed by atoms with Gasteiger partial charge in [0, 0.05) is 16.8 Å². The van der Waals surface area contributed by atoms with Gasteiger partial charge in [0.05, 0.1) is 5.52 Å². The van der Waals surface area contributed by atoms with Crippen LogP contribution in [0.5, 0.6) is 0 Å². The van der Waals surface area contributed by atoms with Gasteiger partial charge in [0.15, 0.2) is 0 Å². The van der Waals surface area contributed by atoms with Gasteiger partial charge in [-0.25, -0.2) is 0 Å². The number of benzene rings is 2. The second-order valence-electron chi connectivity index (χ2n) is 4.86. The Kier molecular flexibility index (Phi) is 2.92. The van der Waals surface area contributed by atoms with E-state index in [1.807, 2.05) is 25.1 Å². The van der Waals surface area contributed by atoms with Gasteiger partial charge in [-0.05, 0) is 48.7 Å². The van der Waals surface area contributed by atoms with E-state index in [4.69, 9.17) is 5.73 Å². The van der Waals surface area contributed by atoms with Crippen LogP contribution in [-0.4, -0.2) is 4.98 Å². The van der Waals surface area contributed by atoms with Crippen molar-refractivity contribution in [2.45, 2.75) is 13.3 Å². The third kappa shape index (κ3) is 2.43. The van der Waals surface area contributed by atoms with Gasteiger partial charge in [-0.1, -0.05) is 30.3 Å². The van der Waals surface area contributed by atoms with Crippen molar-refractivity contribution in [2.75, 3.05) is 5.73 Å². The number of para-hydroxylation sites is 1. The lowest BCUT2D eigenvalue weighted by atomic mass is 10.00. The van der Waals surface area contributed by atoms with Crippen LogP contribution in [0.15, 0.2) is 54.6 Å². The molecular formula is C17H16N2. The Hall–Kier alpha value is -2.35. The number of aryl methyl sites for hydroxylation is 1. The van der Waals surface area contributed by atoms with Crippen LogP contribution in [0.2, 0.25) is 0 Å². The van der Waals surface area contributed by atoms with Crippen LogP contribution in [0.1, 0.15) is 16.8 Å². The van der Waals surface area contributed by atoms with Gasteiger partial charge in [0.25, 0.3) is 0 Å². The molecule has 3 rings (SSSR count). The number of nitrogens with two attached hydrogens (primary N) is 1. The first-order valence-corrected chi connectivity index (χ1v) is 6.42. The maximum atomic E-state index is 5.72. The molecule has 0 aliphatic heterocycles. The molecule has 19 heavy (non-hydrogen) atoms. The summed E-state index contributed by atoms with van der Waals surface area (Å²) in [7, 11) is 0. The number of hydrogen-bond acceptors (Lipinski definition) is 2. The molecule has 2 nitrogen and oxygen atoms in total. The normalized spacial score (nSPS) is 10.8. The highest BCUT2D eigenvalue weighted by Crippen LogP contribution is 2.21. The first kappa shape index (κ1) is 11.7. The maximum Gasteiger partial charge on any atom is 0.0708 e. The lowest BCUT2D eigenvalue weighted by molar-refractivity contribution is 1.16. The number of nitrogen functional groups attached to an aromatic ring is 1. The molecule has 0 saturated carbocycles. The van der Waals surface area contributed by atoms with Crippen molar-refractivity contribution >= 4 is 16.6 Å². The van der Waals surface area contributed by atoms with E-state index in [1.54, 1.807) is 0 Å². The zero-order valence-electron chi connectivity index (χ0n) is 10.9. The fraction of sp³-hybridized carbons (Fsp3) is 0.118. The number of aromatic nitrogens is 1. The maximum absolute atomic E-state index is 5.72. The highest BCUT2D eigenvalue weighted by Gasteiger charge is 2.04. The average molecular weight is 248 g/mol. The molecule has 2 heteroatoms. The minimum Gasteiger partial charge on any atom is -0.399 e. The summed E-state index contributed by atoms with van der Waals surface area (Å²) in [6.07, 6.45) is 0.907. The van der Waals surface area contributed by atoms with E-state index in [0.717, 1.165) is 23.3 Å². The van der Waals surface area contributed by atoms with Crippen molar-refractivity contribution in [1.29, 1.82) is 0 Å². The summed E-state index contributed by atoms with van der Waals surface area (Å²) in [6.45, 7) is 2.04. The molecule has 94 valence electrons. The monoisotopic (exact) mass is 248 g/mol. The van der Waals surface area contributed by atoms with Crippen molar-refractivity contribution in [3.63, 3.8) is 0 Å². The summed E-state index contributed by atoms with van der Waals surface area (Å²) in [5.41, 5.74) is 11.2. The predicted molar refractivity (Wildman–Crippen MR) is 80.1 cm³/mol. The van der Waals surface area contributed by atoms with Crippen LogP contribution in [-0.2, 0) is 6.42 Å². The molecule has 0 unspecified atom stereocenters. The fourth-order valence-corrected chi connectivity index (χ4v) is 2.40. The number of nitrogens with zero attached hydrogens (tertiary/aromatic N) is 1. The highest BCUT2D eigenvalue weighted by molar-refractivity contribution is 5.82. The summed E-state index contributed by atoms with van der Waals surface area (Å²) in [4.78, 5) is 4.57. The van der Waals surface area contributed by atoms with Crippen LogP contribution in [0.4, 0.5) is 5.69 Å². The molecule has 2 aromatic carbocycles. The minimum atomic E-state index is 0.805. The Bertz CT molecular complexity index is 715. The number of anilines is 1. The standard InChI is InChI=1S/C17H16N2/c1-12-10-14(11-13-6-8-15(18)9-7-13)16-4-2-3-5-17(16)19-12/h2-10H,11,18H2,1H3. The van der Waals surface area contributed by atoms with Gasteiger partial charge in [-0.3, -0.25) is 4.98 Å². The van der Waals surface area contributed by atoms with E-state index >= 15 is 0 Å². The summed E-state index contributed by atoms with van der Waals surface area (Å²) in [5.74, 6) is 0.